The first-order valence-electron chi connectivity index (χ1n) is 5.86. The van der Waals surface area contributed by atoms with Crippen LogP contribution in [0.2, 0.25) is 0 Å². The normalized spacial score (nSPS) is 21.4. The number of rotatable bonds is 3. The average Bonchev–Trinajstić information content (AvgIpc) is 2.55. The molecule has 5 heteroatoms. The zero-order valence-electron chi connectivity index (χ0n) is 10.0. The van der Waals surface area contributed by atoms with E-state index in [1.165, 1.54) is 24.1 Å². The Balaban J connectivity index is 2.76. The van der Waals surface area contributed by atoms with E-state index in [1.807, 2.05) is 6.07 Å². The smallest absolute Gasteiger partial charge is 0.211 e. The summed E-state index contributed by atoms with van der Waals surface area (Å²) in [5.41, 5.74) is 0. The van der Waals surface area contributed by atoms with Gasteiger partial charge in [0.05, 0.1) is 6.07 Å². The molecule has 0 aromatic carbocycles. The SMILES string of the molecule is CC(C#N)S(=O)(=O)N(C)C1CCCCCC1. The van der Waals surface area contributed by atoms with Crippen LogP contribution in [0.5, 0.6) is 0 Å². The molecule has 4 nitrogen and oxygen atoms in total. The summed E-state index contributed by atoms with van der Waals surface area (Å²) in [6.07, 6.45) is 6.41. The molecular formula is C11H20N2O2S. The van der Waals surface area contributed by atoms with Crippen LogP contribution in [-0.2, 0) is 10.0 Å². The molecule has 0 amide bonds. The molecule has 0 heterocycles. The van der Waals surface area contributed by atoms with Crippen LogP contribution in [0.15, 0.2) is 0 Å². The molecule has 1 saturated carbocycles. The van der Waals surface area contributed by atoms with E-state index in [0.29, 0.717) is 0 Å². The third-order valence-electron chi connectivity index (χ3n) is 3.37. The molecule has 1 aliphatic rings. The minimum absolute atomic E-state index is 0.0864. The van der Waals surface area contributed by atoms with Crippen LogP contribution in [0.25, 0.3) is 0 Å². The lowest BCUT2D eigenvalue weighted by Gasteiger charge is -2.27. The quantitative estimate of drug-likeness (QED) is 0.712. The van der Waals surface area contributed by atoms with Gasteiger partial charge in [-0.2, -0.15) is 5.26 Å². The van der Waals surface area contributed by atoms with Gasteiger partial charge >= 0.3 is 0 Å². The molecule has 0 saturated heterocycles. The van der Waals surface area contributed by atoms with E-state index in [-0.39, 0.29) is 6.04 Å². The van der Waals surface area contributed by atoms with Gasteiger partial charge in [0.25, 0.3) is 0 Å². The number of nitrogens with zero attached hydrogens (tertiary/aromatic N) is 2. The molecule has 1 rings (SSSR count). The Morgan fingerprint density at radius 1 is 1.25 bits per heavy atom. The zero-order chi connectivity index (χ0) is 12.2. The maximum absolute atomic E-state index is 12.0. The van der Waals surface area contributed by atoms with E-state index in [9.17, 15) is 8.42 Å². The van der Waals surface area contributed by atoms with Crippen LogP contribution in [-0.4, -0.2) is 31.1 Å². The van der Waals surface area contributed by atoms with Crippen molar-refractivity contribution in [3.63, 3.8) is 0 Å². The molecule has 92 valence electrons. The summed E-state index contributed by atoms with van der Waals surface area (Å²) in [7, 11) is -1.82. The highest BCUT2D eigenvalue weighted by Gasteiger charge is 2.31. The highest BCUT2D eigenvalue weighted by Crippen LogP contribution is 2.24. The Bertz CT molecular complexity index is 351. The standard InChI is InChI=1S/C11H20N2O2S/c1-10(9-12)16(14,15)13(2)11-7-5-3-4-6-8-11/h10-11H,3-8H2,1-2H3. The first kappa shape index (κ1) is 13.5. The fraction of sp³-hybridized carbons (Fsp3) is 0.909. The number of sulfonamides is 1. The van der Waals surface area contributed by atoms with Crippen LogP contribution in [0.1, 0.15) is 45.4 Å². The van der Waals surface area contributed by atoms with E-state index in [1.54, 1.807) is 7.05 Å². The summed E-state index contributed by atoms with van der Waals surface area (Å²) in [6.45, 7) is 1.45. The molecule has 1 fully saturated rings. The van der Waals surface area contributed by atoms with Gasteiger partial charge in [-0.25, -0.2) is 12.7 Å². The van der Waals surface area contributed by atoms with Crippen molar-refractivity contribution < 1.29 is 8.42 Å². The Morgan fingerprint density at radius 2 is 1.75 bits per heavy atom. The molecule has 0 aromatic rings. The van der Waals surface area contributed by atoms with Crippen molar-refractivity contribution in [2.45, 2.75) is 56.7 Å². The van der Waals surface area contributed by atoms with E-state index in [2.05, 4.69) is 0 Å². The fourth-order valence-corrected chi connectivity index (χ4v) is 3.40. The van der Waals surface area contributed by atoms with Crippen molar-refractivity contribution in [1.82, 2.24) is 4.31 Å². The topological polar surface area (TPSA) is 61.2 Å². The molecule has 16 heavy (non-hydrogen) atoms. The summed E-state index contributed by atoms with van der Waals surface area (Å²) >= 11 is 0. The second-order valence-electron chi connectivity index (χ2n) is 4.48. The van der Waals surface area contributed by atoms with Gasteiger partial charge in [0, 0.05) is 13.1 Å². The minimum Gasteiger partial charge on any atom is -0.211 e. The Kier molecular flexibility index (Phi) is 4.75. The van der Waals surface area contributed by atoms with Gasteiger partial charge in [-0.05, 0) is 19.8 Å². The largest absolute Gasteiger partial charge is 0.230 e. The first-order valence-corrected chi connectivity index (χ1v) is 7.37. The van der Waals surface area contributed by atoms with Gasteiger partial charge < -0.3 is 0 Å². The second kappa shape index (κ2) is 5.65. The zero-order valence-corrected chi connectivity index (χ0v) is 10.8. The average molecular weight is 244 g/mol. The van der Waals surface area contributed by atoms with E-state index in [0.717, 1.165) is 25.7 Å². The summed E-state index contributed by atoms with van der Waals surface area (Å²) in [5.74, 6) is 0. The van der Waals surface area contributed by atoms with Crippen molar-refractivity contribution >= 4 is 10.0 Å². The monoisotopic (exact) mass is 244 g/mol. The molecule has 0 spiro atoms. The molecule has 0 radical (unpaired) electrons. The lowest BCUT2D eigenvalue weighted by atomic mass is 10.1. The number of hydrogen-bond acceptors (Lipinski definition) is 3. The van der Waals surface area contributed by atoms with Crippen molar-refractivity contribution in [2.75, 3.05) is 7.05 Å². The van der Waals surface area contributed by atoms with Crippen molar-refractivity contribution in [3.05, 3.63) is 0 Å². The van der Waals surface area contributed by atoms with Gasteiger partial charge in [-0.15, -0.1) is 0 Å². The third kappa shape index (κ3) is 2.96. The molecule has 0 aromatic heterocycles. The molecule has 1 aliphatic carbocycles. The van der Waals surface area contributed by atoms with Crippen LogP contribution >= 0.6 is 0 Å². The Labute approximate surface area is 98.3 Å². The molecular weight excluding hydrogens is 224 g/mol. The van der Waals surface area contributed by atoms with E-state index in [4.69, 9.17) is 5.26 Å². The van der Waals surface area contributed by atoms with Gasteiger partial charge in [0.1, 0.15) is 0 Å². The van der Waals surface area contributed by atoms with E-state index >= 15 is 0 Å². The van der Waals surface area contributed by atoms with Crippen LogP contribution < -0.4 is 0 Å². The Hall–Kier alpha value is -0.600. The molecule has 0 N–H and O–H groups in total. The van der Waals surface area contributed by atoms with Crippen molar-refractivity contribution in [3.8, 4) is 6.07 Å². The van der Waals surface area contributed by atoms with Crippen molar-refractivity contribution in [2.24, 2.45) is 0 Å². The van der Waals surface area contributed by atoms with Crippen LogP contribution in [0.4, 0.5) is 0 Å². The summed E-state index contributed by atoms with van der Waals surface area (Å²) in [5, 5.41) is 7.77. The predicted molar refractivity (Wildman–Crippen MR) is 63.2 cm³/mol. The fourth-order valence-electron chi connectivity index (χ4n) is 2.15. The van der Waals surface area contributed by atoms with Crippen LogP contribution in [0, 0.1) is 11.3 Å². The summed E-state index contributed by atoms with van der Waals surface area (Å²) in [6, 6.07) is 1.90. The third-order valence-corrected chi connectivity index (χ3v) is 5.47. The first-order chi connectivity index (χ1) is 7.50. The van der Waals surface area contributed by atoms with E-state index < -0.39 is 15.3 Å². The molecule has 0 bridgehead atoms. The maximum atomic E-state index is 12.0. The van der Waals surface area contributed by atoms with Crippen LogP contribution in [0.3, 0.4) is 0 Å². The summed E-state index contributed by atoms with van der Waals surface area (Å²) in [4.78, 5) is 0. The minimum atomic E-state index is -3.43. The maximum Gasteiger partial charge on any atom is 0.230 e. The molecule has 1 atom stereocenters. The second-order valence-corrected chi connectivity index (χ2v) is 6.79. The lowest BCUT2D eigenvalue weighted by molar-refractivity contribution is 0.334. The number of nitriles is 1. The molecule has 1 unspecified atom stereocenters. The predicted octanol–water partition coefficient (Wildman–Crippen LogP) is 1.88. The van der Waals surface area contributed by atoms with Gasteiger partial charge in [0.2, 0.25) is 10.0 Å². The molecule has 0 aliphatic heterocycles. The van der Waals surface area contributed by atoms with Crippen molar-refractivity contribution in [1.29, 1.82) is 5.26 Å². The Morgan fingerprint density at radius 3 is 2.19 bits per heavy atom. The number of hydrogen-bond donors (Lipinski definition) is 0. The highest BCUT2D eigenvalue weighted by molar-refractivity contribution is 7.89. The summed E-state index contributed by atoms with van der Waals surface area (Å²) < 4.78 is 25.4. The van der Waals surface area contributed by atoms with Gasteiger partial charge in [0.15, 0.2) is 5.25 Å². The lowest BCUT2D eigenvalue weighted by Crippen LogP contribution is -2.41. The van der Waals surface area contributed by atoms with Gasteiger partial charge in [-0.3, -0.25) is 0 Å². The highest BCUT2D eigenvalue weighted by atomic mass is 32.2. The van der Waals surface area contributed by atoms with Gasteiger partial charge in [-0.1, -0.05) is 25.7 Å².